The van der Waals surface area contributed by atoms with Crippen LogP contribution >= 0.6 is 0 Å². The first-order valence-corrected chi connectivity index (χ1v) is 10.9. The van der Waals surface area contributed by atoms with Crippen molar-refractivity contribution in [2.75, 3.05) is 0 Å². The van der Waals surface area contributed by atoms with E-state index in [1.54, 1.807) is 17.1 Å². The number of hydrogen-bond acceptors (Lipinski definition) is 5. The third kappa shape index (κ3) is 3.93. The minimum Gasteiger partial charge on any atom is -0.353 e. The zero-order valence-corrected chi connectivity index (χ0v) is 17.9. The smallest absolute Gasteiger partial charge is 0.267 e. The second-order valence-corrected chi connectivity index (χ2v) is 8.35. The molecule has 0 radical (unpaired) electrons. The van der Waals surface area contributed by atoms with Gasteiger partial charge in [0, 0.05) is 36.3 Å². The van der Waals surface area contributed by atoms with Crippen LogP contribution in [-0.2, 0) is 18.3 Å². The van der Waals surface area contributed by atoms with Gasteiger partial charge in [0.15, 0.2) is 5.82 Å². The maximum Gasteiger partial charge on any atom is 0.267 e. The Morgan fingerprint density at radius 2 is 1.94 bits per heavy atom. The van der Waals surface area contributed by atoms with Gasteiger partial charge in [-0.15, -0.1) is 5.10 Å². The highest BCUT2D eigenvalue weighted by molar-refractivity contribution is 5.89. The fourth-order valence-corrected chi connectivity index (χ4v) is 4.61. The molecule has 1 N–H and O–H groups in total. The second kappa shape index (κ2) is 8.41. The largest absolute Gasteiger partial charge is 0.353 e. The molecule has 0 aliphatic heterocycles. The van der Waals surface area contributed by atoms with Crippen LogP contribution in [0.2, 0.25) is 0 Å². The predicted molar refractivity (Wildman–Crippen MR) is 119 cm³/mol. The van der Waals surface area contributed by atoms with Crippen LogP contribution in [0.1, 0.15) is 37.3 Å². The number of carbonyl (C=O) groups is 1. The number of aryl methyl sites for hydroxylation is 1. The van der Waals surface area contributed by atoms with E-state index in [0.717, 1.165) is 42.1 Å². The molecule has 1 aliphatic rings. The third-order valence-electron chi connectivity index (χ3n) is 6.20. The van der Waals surface area contributed by atoms with E-state index in [1.165, 1.54) is 17.1 Å². The first-order valence-electron chi connectivity index (χ1n) is 10.9. The highest BCUT2D eigenvalue weighted by atomic mass is 16.1. The topological polar surface area (TPSA) is 99.6 Å². The summed E-state index contributed by atoms with van der Waals surface area (Å²) in [7, 11) is 2.00. The molecule has 0 unspecified atom stereocenters. The Balaban J connectivity index is 1.21. The molecule has 0 saturated heterocycles. The summed E-state index contributed by atoms with van der Waals surface area (Å²) in [6.45, 7) is 0. The van der Waals surface area contributed by atoms with E-state index in [1.807, 2.05) is 25.4 Å². The maximum absolute atomic E-state index is 12.7. The van der Waals surface area contributed by atoms with Crippen molar-refractivity contribution in [3.05, 3.63) is 71.2 Å². The Labute approximate surface area is 184 Å². The van der Waals surface area contributed by atoms with Gasteiger partial charge in [0.2, 0.25) is 5.91 Å². The lowest BCUT2D eigenvalue weighted by molar-refractivity contribution is -0.121. The number of carbonyl (C=O) groups excluding carboxylic acids is 1. The quantitative estimate of drug-likeness (QED) is 0.522. The van der Waals surface area contributed by atoms with E-state index >= 15 is 0 Å². The molecule has 0 spiro atoms. The molecule has 4 aromatic rings. The molecule has 164 valence electrons. The number of aromatic nitrogens is 6. The summed E-state index contributed by atoms with van der Waals surface area (Å²) in [6.07, 6.45) is 8.58. The molecule has 0 bridgehead atoms. The highest BCUT2D eigenvalue weighted by Gasteiger charge is 2.25. The lowest BCUT2D eigenvalue weighted by Crippen LogP contribution is -2.40. The zero-order valence-electron chi connectivity index (χ0n) is 17.9. The highest BCUT2D eigenvalue weighted by Crippen LogP contribution is 2.27. The Morgan fingerprint density at radius 1 is 1.12 bits per heavy atom. The van der Waals surface area contributed by atoms with Gasteiger partial charge >= 0.3 is 0 Å². The molecule has 32 heavy (non-hydrogen) atoms. The second-order valence-electron chi connectivity index (χ2n) is 8.35. The van der Waals surface area contributed by atoms with Crippen molar-refractivity contribution in [2.45, 2.75) is 44.2 Å². The summed E-state index contributed by atoms with van der Waals surface area (Å²) in [5, 5.41) is 12.9. The van der Waals surface area contributed by atoms with Crippen molar-refractivity contribution in [1.29, 1.82) is 0 Å². The van der Waals surface area contributed by atoms with E-state index in [9.17, 15) is 9.59 Å². The van der Waals surface area contributed by atoms with Crippen LogP contribution in [0, 0.1) is 0 Å². The number of rotatable bonds is 5. The van der Waals surface area contributed by atoms with Gasteiger partial charge in [0.05, 0.1) is 12.5 Å². The fourth-order valence-electron chi connectivity index (χ4n) is 4.61. The molecule has 3 aromatic heterocycles. The Bertz CT molecular complexity index is 1300. The van der Waals surface area contributed by atoms with Gasteiger partial charge in [0.25, 0.3) is 5.56 Å². The molecular formula is C23H25N7O2. The van der Waals surface area contributed by atoms with Crippen molar-refractivity contribution in [1.82, 2.24) is 34.4 Å². The predicted octanol–water partition coefficient (Wildman–Crippen LogP) is 2.16. The normalized spacial score (nSPS) is 18.7. The van der Waals surface area contributed by atoms with Gasteiger partial charge < -0.3 is 9.88 Å². The first kappa shape index (κ1) is 20.2. The van der Waals surface area contributed by atoms with Crippen molar-refractivity contribution in [3.8, 4) is 5.82 Å². The molecule has 1 aromatic carbocycles. The summed E-state index contributed by atoms with van der Waals surface area (Å²) >= 11 is 0. The lowest BCUT2D eigenvalue weighted by atomic mass is 9.91. The SMILES string of the molecule is Cn1cc(CC(=O)NC2CCC(n3nc(-n4cncn4)ccc3=O)CC2)c2ccccc21. The first-order chi connectivity index (χ1) is 15.6. The Hall–Kier alpha value is -3.75. The molecule has 1 saturated carbocycles. The van der Waals surface area contributed by atoms with Gasteiger partial charge in [-0.3, -0.25) is 9.59 Å². The number of hydrogen-bond donors (Lipinski definition) is 1. The summed E-state index contributed by atoms with van der Waals surface area (Å²) in [5.41, 5.74) is 2.04. The molecular weight excluding hydrogens is 406 g/mol. The van der Waals surface area contributed by atoms with Crippen LogP contribution in [0.3, 0.4) is 0 Å². The minimum absolute atomic E-state index is 0.0113. The van der Waals surface area contributed by atoms with Crippen molar-refractivity contribution >= 4 is 16.8 Å². The number of nitrogens with one attached hydrogen (secondary N) is 1. The Kier molecular flexibility index (Phi) is 5.30. The van der Waals surface area contributed by atoms with Crippen LogP contribution in [0.4, 0.5) is 0 Å². The van der Waals surface area contributed by atoms with E-state index in [0.29, 0.717) is 12.2 Å². The lowest BCUT2D eigenvalue weighted by Gasteiger charge is -2.29. The average molecular weight is 432 g/mol. The third-order valence-corrected chi connectivity index (χ3v) is 6.20. The van der Waals surface area contributed by atoms with E-state index in [-0.39, 0.29) is 23.6 Å². The summed E-state index contributed by atoms with van der Waals surface area (Å²) in [6, 6.07) is 11.4. The Morgan fingerprint density at radius 3 is 2.72 bits per heavy atom. The molecule has 5 rings (SSSR count). The van der Waals surface area contributed by atoms with Gasteiger partial charge in [-0.1, -0.05) is 18.2 Å². The van der Waals surface area contributed by atoms with Crippen LogP contribution < -0.4 is 10.9 Å². The van der Waals surface area contributed by atoms with Crippen LogP contribution in [0.15, 0.2) is 60.0 Å². The van der Waals surface area contributed by atoms with Crippen molar-refractivity contribution in [2.24, 2.45) is 7.05 Å². The molecule has 9 heteroatoms. The fraction of sp³-hybridized carbons (Fsp3) is 0.348. The van der Waals surface area contributed by atoms with E-state index < -0.39 is 0 Å². The number of amides is 1. The van der Waals surface area contributed by atoms with Gasteiger partial charge in [-0.25, -0.2) is 14.3 Å². The summed E-state index contributed by atoms with van der Waals surface area (Å²) in [4.78, 5) is 29.0. The molecule has 3 heterocycles. The van der Waals surface area contributed by atoms with Crippen LogP contribution in [0.25, 0.3) is 16.7 Å². The van der Waals surface area contributed by atoms with Crippen LogP contribution in [0.5, 0.6) is 0 Å². The molecule has 1 aliphatic carbocycles. The van der Waals surface area contributed by atoms with Crippen molar-refractivity contribution < 1.29 is 4.79 Å². The minimum atomic E-state index is -0.127. The molecule has 1 amide bonds. The van der Waals surface area contributed by atoms with E-state index in [4.69, 9.17) is 0 Å². The van der Waals surface area contributed by atoms with Crippen LogP contribution in [-0.4, -0.2) is 41.1 Å². The standard InChI is InChI=1S/C23H25N7O2/c1-28-13-16(19-4-2-3-5-20(19)28)12-22(31)26-17-6-8-18(9-7-17)30-23(32)11-10-21(27-30)29-15-24-14-25-29/h2-5,10-11,13-15,17-18H,6-9,12H2,1H3,(H,26,31). The molecule has 1 fully saturated rings. The van der Waals surface area contributed by atoms with Gasteiger partial charge in [-0.05, 0) is 43.4 Å². The number of benzene rings is 1. The molecule has 9 nitrogen and oxygen atoms in total. The zero-order chi connectivity index (χ0) is 22.1. The van der Waals surface area contributed by atoms with Gasteiger partial charge in [-0.2, -0.15) is 5.10 Å². The average Bonchev–Trinajstić information content (AvgIpc) is 3.44. The summed E-state index contributed by atoms with van der Waals surface area (Å²) in [5.74, 6) is 0.598. The van der Waals surface area contributed by atoms with Gasteiger partial charge in [0.1, 0.15) is 12.7 Å². The van der Waals surface area contributed by atoms with Crippen molar-refractivity contribution in [3.63, 3.8) is 0 Å². The number of nitrogens with zero attached hydrogens (tertiary/aromatic N) is 6. The maximum atomic E-state index is 12.7. The van der Waals surface area contributed by atoms with E-state index in [2.05, 4.69) is 37.2 Å². The summed E-state index contributed by atoms with van der Waals surface area (Å²) < 4.78 is 5.14. The number of fused-ring (bicyclic) bond motifs is 1. The molecule has 0 atom stereocenters. The number of para-hydroxylation sites is 1. The monoisotopic (exact) mass is 431 g/mol.